The van der Waals surface area contributed by atoms with Gasteiger partial charge in [0.15, 0.2) is 23.1 Å². The van der Waals surface area contributed by atoms with E-state index in [9.17, 15) is 37.5 Å². The molecule has 0 atom stereocenters. The van der Waals surface area contributed by atoms with Crippen LogP contribution in [-0.4, -0.2) is 56.5 Å². The van der Waals surface area contributed by atoms with Gasteiger partial charge in [-0.2, -0.15) is 9.97 Å². The lowest BCUT2D eigenvalue weighted by Gasteiger charge is -2.16. The highest BCUT2D eigenvalue weighted by Crippen LogP contribution is 2.26. The predicted molar refractivity (Wildman–Crippen MR) is 255 cm³/mol. The number of H-pyrrole nitrogens is 1. The summed E-state index contributed by atoms with van der Waals surface area (Å²) in [4.78, 5) is 82.5. The molecule has 0 fully saturated rings. The first kappa shape index (κ1) is 51.5. The number of anilines is 4. The second-order valence-electron chi connectivity index (χ2n) is 15.7. The lowest BCUT2D eigenvalue weighted by atomic mass is 10.2. The molecule has 4 aromatic carbocycles. The minimum atomic E-state index is -0.870. The standard InChI is InChI=1S/C23H22ClFN6O5.C22H24ClFN6O4/c1-13(2)35-18-8-7-16(11-17(18)25)26-20-27-21(32)30(10-9-19-28-29-22(33)36-19)23(34)31(20)12-14-3-5-15(24)6-4-14;1-13(2)34-18-8-7-16(11-17(18)24)26-20-27-21(32)29(10-9-19(31)28-25)22(33)30(20)12-14-3-5-15(23)6-4-14/h3-8,11,13H,9-10,12H2,1-2H3,(H,29,33)(H,26,27,32);3-8,11,13H,9-10,12,25H2,1-2H3,(H,28,31)(H,26,27,32). The number of hydrogen-bond donors (Lipinski definition) is 5. The number of amides is 1. The first-order valence-corrected chi connectivity index (χ1v) is 22.1. The van der Waals surface area contributed by atoms with Gasteiger partial charge in [0.05, 0.1) is 25.3 Å². The Bertz CT molecular complexity index is 3260. The first-order valence-electron chi connectivity index (χ1n) is 21.3. The number of aromatic nitrogens is 8. The zero-order valence-electron chi connectivity index (χ0n) is 37.9. The minimum Gasteiger partial charge on any atom is -0.488 e. The number of nitrogens with zero attached hydrogens (tertiary/aromatic N) is 7. The molecule has 3 heterocycles. The summed E-state index contributed by atoms with van der Waals surface area (Å²) in [5.74, 6) is 2.55. The van der Waals surface area contributed by atoms with Gasteiger partial charge in [-0.05, 0) is 87.4 Å². The highest BCUT2D eigenvalue weighted by atomic mass is 35.5. The number of hydrogen-bond acceptors (Lipinski definition) is 15. The molecule has 3 aromatic heterocycles. The summed E-state index contributed by atoms with van der Waals surface area (Å²) in [6, 6.07) is 21.9. The SMILES string of the molecule is CC(C)Oc1ccc(Nc2nc(=O)n(CCC(=O)NN)c(=O)n2Cc2ccc(Cl)cc2)cc1F.CC(C)Oc1ccc(Nc2nc(=O)n(CCc3n[nH]c(=O)o3)c(=O)n2Cc2ccc(Cl)cc2)cc1F. The van der Waals surface area contributed by atoms with Crippen LogP contribution < -0.4 is 59.9 Å². The van der Waals surface area contributed by atoms with Crippen LogP contribution >= 0.6 is 23.2 Å². The molecule has 0 aliphatic rings. The fraction of sp³-hybridized carbons (Fsp3) is 0.267. The van der Waals surface area contributed by atoms with Crippen molar-refractivity contribution in [1.29, 1.82) is 0 Å². The largest absolute Gasteiger partial charge is 0.488 e. The molecular formula is C45H46Cl2F2N12O9. The van der Waals surface area contributed by atoms with E-state index < -0.39 is 46.1 Å². The van der Waals surface area contributed by atoms with Gasteiger partial charge in [0.25, 0.3) is 0 Å². The highest BCUT2D eigenvalue weighted by molar-refractivity contribution is 6.30. The van der Waals surface area contributed by atoms with E-state index in [1.807, 2.05) is 5.43 Å². The molecule has 0 radical (unpaired) electrons. The van der Waals surface area contributed by atoms with Crippen molar-refractivity contribution in [2.45, 2.75) is 78.9 Å². The van der Waals surface area contributed by atoms with Crippen LogP contribution in [0.2, 0.25) is 10.0 Å². The molecule has 1 amide bonds. The van der Waals surface area contributed by atoms with E-state index in [0.717, 1.165) is 9.13 Å². The number of hydrazine groups is 1. The Morgan fingerprint density at radius 1 is 0.686 bits per heavy atom. The van der Waals surface area contributed by atoms with E-state index >= 15 is 0 Å². The van der Waals surface area contributed by atoms with Crippen molar-refractivity contribution in [3.05, 3.63) is 176 Å². The number of aryl methyl sites for hydroxylation is 1. The Hall–Kier alpha value is -7.89. The van der Waals surface area contributed by atoms with Crippen molar-refractivity contribution >= 4 is 52.4 Å². The monoisotopic (exact) mass is 1010 g/mol. The Balaban J connectivity index is 0.000000230. The van der Waals surface area contributed by atoms with Crippen LogP contribution in [0, 0.1) is 11.6 Å². The second kappa shape index (κ2) is 23.4. The number of halogens is 4. The van der Waals surface area contributed by atoms with Gasteiger partial charge >= 0.3 is 28.5 Å². The molecule has 7 rings (SSSR count). The van der Waals surface area contributed by atoms with Crippen LogP contribution in [0.5, 0.6) is 11.5 Å². The Labute approximate surface area is 405 Å². The normalized spacial score (nSPS) is 11.0. The minimum absolute atomic E-state index is 0.00577. The molecule has 0 aliphatic heterocycles. The molecule has 70 heavy (non-hydrogen) atoms. The Morgan fingerprint density at radius 2 is 1.13 bits per heavy atom. The number of nitrogens with two attached hydrogens (primary N) is 1. The molecule has 21 nitrogen and oxygen atoms in total. The molecule has 0 spiro atoms. The number of carbonyl (C=O) groups is 1. The molecule has 0 unspecified atom stereocenters. The number of benzene rings is 4. The summed E-state index contributed by atoms with van der Waals surface area (Å²) in [5.41, 5.74) is 0.780. The van der Waals surface area contributed by atoms with Gasteiger partial charge in [-0.25, -0.2) is 52.8 Å². The second-order valence-corrected chi connectivity index (χ2v) is 16.6. The van der Waals surface area contributed by atoms with Gasteiger partial charge in [-0.1, -0.05) is 47.5 Å². The van der Waals surface area contributed by atoms with E-state index in [1.54, 1.807) is 82.3 Å². The van der Waals surface area contributed by atoms with Gasteiger partial charge in [0.1, 0.15) is 0 Å². The third-order valence-electron chi connectivity index (χ3n) is 9.66. The number of carbonyl (C=O) groups excluding carboxylic acids is 1. The maximum atomic E-state index is 14.5. The van der Waals surface area contributed by atoms with Crippen LogP contribution in [0.15, 0.2) is 113 Å². The number of nitrogens with one attached hydrogen (secondary N) is 4. The van der Waals surface area contributed by atoms with Crippen molar-refractivity contribution in [2.24, 2.45) is 5.84 Å². The maximum Gasteiger partial charge on any atom is 0.434 e. The van der Waals surface area contributed by atoms with Gasteiger partial charge in [-0.15, -0.1) is 5.10 Å². The summed E-state index contributed by atoms with van der Waals surface area (Å²) in [6.07, 6.45) is -0.616. The Kier molecular flexibility index (Phi) is 17.2. The van der Waals surface area contributed by atoms with Crippen LogP contribution in [0.4, 0.5) is 32.1 Å². The van der Waals surface area contributed by atoms with Gasteiger partial charge in [-0.3, -0.25) is 19.4 Å². The maximum absolute atomic E-state index is 14.5. The van der Waals surface area contributed by atoms with Crippen molar-refractivity contribution in [3.63, 3.8) is 0 Å². The average molecular weight is 1010 g/mol. The van der Waals surface area contributed by atoms with Crippen LogP contribution in [-0.2, 0) is 37.4 Å². The third-order valence-corrected chi connectivity index (χ3v) is 10.2. The topological polar surface area (TPSA) is 270 Å². The fourth-order valence-corrected chi connectivity index (χ4v) is 6.69. The molecule has 368 valence electrons. The molecule has 0 bridgehead atoms. The molecular weight excluding hydrogens is 961 g/mol. The lowest BCUT2D eigenvalue weighted by Crippen LogP contribution is -2.43. The van der Waals surface area contributed by atoms with Crippen LogP contribution in [0.1, 0.15) is 51.1 Å². The van der Waals surface area contributed by atoms with Crippen LogP contribution in [0.3, 0.4) is 0 Å². The lowest BCUT2D eigenvalue weighted by molar-refractivity contribution is -0.121. The van der Waals surface area contributed by atoms with Crippen molar-refractivity contribution < 1.29 is 27.5 Å². The number of aromatic amines is 1. The molecule has 0 aliphatic carbocycles. The summed E-state index contributed by atoms with van der Waals surface area (Å²) in [7, 11) is 0. The summed E-state index contributed by atoms with van der Waals surface area (Å²) >= 11 is 11.9. The first-order chi connectivity index (χ1) is 33.4. The zero-order chi connectivity index (χ0) is 50.6. The zero-order valence-corrected chi connectivity index (χ0v) is 39.4. The van der Waals surface area contributed by atoms with E-state index in [2.05, 4.69) is 30.8 Å². The number of ether oxygens (including phenoxy) is 2. The smallest absolute Gasteiger partial charge is 0.434 e. The van der Waals surface area contributed by atoms with Gasteiger partial charge < -0.3 is 24.5 Å². The molecule has 6 N–H and O–H groups in total. The summed E-state index contributed by atoms with van der Waals surface area (Å²) in [6.45, 7) is 6.83. The van der Waals surface area contributed by atoms with E-state index in [1.165, 1.54) is 39.5 Å². The van der Waals surface area contributed by atoms with Crippen LogP contribution in [0.25, 0.3) is 0 Å². The van der Waals surface area contributed by atoms with Crippen molar-refractivity contribution in [1.82, 2.24) is 43.9 Å². The van der Waals surface area contributed by atoms with E-state index in [-0.39, 0.29) is 91.9 Å². The molecule has 0 saturated heterocycles. The highest BCUT2D eigenvalue weighted by Gasteiger charge is 2.19. The van der Waals surface area contributed by atoms with Gasteiger partial charge in [0, 0.05) is 59.5 Å². The third kappa shape index (κ3) is 13.9. The predicted octanol–water partition coefficient (Wildman–Crippen LogP) is 4.85. The molecule has 25 heteroatoms. The quantitative estimate of drug-likeness (QED) is 0.0437. The molecule has 0 saturated carbocycles. The van der Waals surface area contributed by atoms with E-state index in [4.69, 9.17) is 42.9 Å². The Morgan fingerprint density at radius 3 is 1.51 bits per heavy atom. The van der Waals surface area contributed by atoms with E-state index in [0.29, 0.717) is 21.2 Å². The summed E-state index contributed by atoms with van der Waals surface area (Å²) < 4.78 is 48.8. The fourth-order valence-electron chi connectivity index (χ4n) is 6.44. The van der Waals surface area contributed by atoms with Crippen molar-refractivity contribution in [3.8, 4) is 11.5 Å². The van der Waals surface area contributed by atoms with Crippen molar-refractivity contribution in [2.75, 3.05) is 10.6 Å². The number of rotatable bonds is 18. The average Bonchev–Trinajstić information content (AvgIpc) is 3.73. The molecule has 7 aromatic rings. The summed E-state index contributed by atoms with van der Waals surface area (Å²) in [5, 5.41) is 12.5. The van der Waals surface area contributed by atoms with Gasteiger partial charge in [0.2, 0.25) is 23.7 Å².